The van der Waals surface area contributed by atoms with E-state index in [-0.39, 0.29) is 5.41 Å². The summed E-state index contributed by atoms with van der Waals surface area (Å²) in [5.74, 6) is 0.850. The monoisotopic (exact) mass is 279 g/mol. The molecule has 0 heterocycles. The molecular weight excluding hydrogens is 250 g/mol. The third kappa shape index (κ3) is 5.93. The molecule has 1 aromatic carbocycles. The minimum atomic E-state index is -0.483. The van der Waals surface area contributed by atoms with E-state index < -0.39 is 6.10 Å². The molecule has 3 heteroatoms. The lowest BCUT2D eigenvalue weighted by molar-refractivity contribution is 0.103. The highest BCUT2D eigenvalue weighted by atomic mass is 16.5. The Labute approximate surface area is 123 Å². The Balaban J connectivity index is 2.31. The summed E-state index contributed by atoms with van der Waals surface area (Å²) in [7, 11) is 0. The van der Waals surface area contributed by atoms with Crippen molar-refractivity contribution in [3.8, 4) is 5.75 Å². The van der Waals surface area contributed by atoms with Crippen molar-refractivity contribution in [2.75, 3.05) is 19.7 Å². The van der Waals surface area contributed by atoms with Crippen LogP contribution in [0.5, 0.6) is 5.75 Å². The van der Waals surface area contributed by atoms with Gasteiger partial charge in [-0.1, -0.05) is 38.5 Å². The summed E-state index contributed by atoms with van der Waals surface area (Å²) < 4.78 is 5.67. The smallest absolute Gasteiger partial charge is 0.122 e. The Morgan fingerprint density at radius 1 is 1.30 bits per heavy atom. The molecule has 3 nitrogen and oxygen atoms in total. The lowest BCUT2D eigenvalue weighted by Crippen LogP contribution is -2.36. The summed E-state index contributed by atoms with van der Waals surface area (Å²) in [5.41, 5.74) is 2.60. The molecule has 0 saturated heterocycles. The number of aliphatic hydroxyl groups is 1. The summed E-state index contributed by atoms with van der Waals surface area (Å²) in [4.78, 5) is 0. The summed E-state index contributed by atoms with van der Waals surface area (Å²) >= 11 is 0. The van der Waals surface area contributed by atoms with Crippen LogP contribution < -0.4 is 10.1 Å². The van der Waals surface area contributed by atoms with Crippen LogP contribution in [0, 0.1) is 19.3 Å². The topological polar surface area (TPSA) is 41.5 Å². The molecule has 0 fully saturated rings. The van der Waals surface area contributed by atoms with Crippen molar-refractivity contribution in [1.82, 2.24) is 5.32 Å². The standard InChI is InChI=1S/C17H29NO2/c1-6-17(4,5)12-18-10-15(19)11-20-16-8-7-13(2)9-14(16)3/h7-9,15,18-19H,6,10-12H2,1-5H3. The van der Waals surface area contributed by atoms with Gasteiger partial charge in [0, 0.05) is 13.1 Å². The molecule has 1 atom stereocenters. The van der Waals surface area contributed by atoms with Gasteiger partial charge < -0.3 is 15.2 Å². The highest BCUT2D eigenvalue weighted by Gasteiger charge is 2.15. The van der Waals surface area contributed by atoms with E-state index in [1.807, 2.05) is 19.1 Å². The number of aliphatic hydroxyl groups excluding tert-OH is 1. The first-order chi connectivity index (χ1) is 9.34. The van der Waals surface area contributed by atoms with Gasteiger partial charge in [0.05, 0.1) is 0 Å². The minimum Gasteiger partial charge on any atom is -0.491 e. The molecular formula is C17H29NO2. The quantitative estimate of drug-likeness (QED) is 0.768. The number of rotatable bonds is 8. The first-order valence-corrected chi connectivity index (χ1v) is 7.43. The maximum absolute atomic E-state index is 9.94. The SMILES string of the molecule is CCC(C)(C)CNCC(O)COc1ccc(C)cc1C. The number of hydrogen-bond acceptors (Lipinski definition) is 3. The molecule has 1 aromatic rings. The van der Waals surface area contributed by atoms with Crippen LogP contribution in [0.3, 0.4) is 0 Å². The van der Waals surface area contributed by atoms with Crippen LogP contribution in [-0.4, -0.2) is 30.9 Å². The maximum atomic E-state index is 9.94. The summed E-state index contributed by atoms with van der Waals surface area (Å²) in [6.07, 6.45) is 0.637. The fourth-order valence-corrected chi connectivity index (χ4v) is 1.91. The molecule has 1 rings (SSSR count). The van der Waals surface area contributed by atoms with E-state index in [1.54, 1.807) is 0 Å². The molecule has 0 aliphatic rings. The van der Waals surface area contributed by atoms with Gasteiger partial charge in [-0.05, 0) is 37.3 Å². The van der Waals surface area contributed by atoms with Crippen molar-refractivity contribution in [2.24, 2.45) is 5.41 Å². The molecule has 2 N–H and O–H groups in total. The van der Waals surface area contributed by atoms with Crippen molar-refractivity contribution >= 4 is 0 Å². The first-order valence-electron chi connectivity index (χ1n) is 7.43. The van der Waals surface area contributed by atoms with E-state index in [2.05, 4.69) is 39.1 Å². The van der Waals surface area contributed by atoms with E-state index in [9.17, 15) is 5.11 Å². The first kappa shape index (κ1) is 17.0. The molecule has 20 heavy (non-hydrogen) atoms. The Bertz CT molecular complexity index is 415. The number of ether oxygens (including phenoxy) is 1. The molecule has 0 bridgehead atoms. The van der Waals surface area contributed by atoms with Crippen molar-refractivity contribution in [2.45, 2.75) is 47.1 Å². The molecule has 0 aliphatic carbocycles. The van der Waals surface area contributed by atoms with E-state index in [0.717, 1.165) is 24.3 Å². The third-order valence-corrected chi connectivity index (χ3v) is 3.70. The molecule has 0 radical (unpaired) electrons. The van der Waals surface area contributed by atoms with Crippen molar-refractivity contribution in [3.63, 3.8) is 0 Å². The zero-order valence-corrected chi connectivity index (χ0v) is 13.5. The largest absolute Gasteiger partial charge is 0.491 e. The van der Waals surface area contributed by atoms with Gasteiger partial charge in [0.25, 0.3) is 0 Å². The van der Waals surface area contributed by atoms with Gasteiger partial charge in [0.2, 0.25) is 0 Å². The average molecular weight is 279 g/mol. The Kier molecular flexibility index (Phi) is 6.50. The summed E-state index contributed by atoms with van der Waals surface area (Å²) in [5, 5.41) is 13.2. The van der Waals surface area contributed by atoms with Gasteiger partial charge in [0.1, 0.15) is 18.5 Å². The Morgan fingerprint density at radius 3 is 2.60 bits per heavy atom. The second-order valence-electron chi connectivity index (χ2n) is 6.38. The molecule has 114 valence electrons. The van der Waals surface area contributed by atoms with Gasteiger partial charge in [-0.15, -0.1) is 0 Å². The van der Waals surface area contributed by atoms with Gasteiger partial charge in [0.15, 0.2) is 0 Å². The van der Waals surface area contributed by atoms with Crippen molar-refractivity contribution < 1.29 is 9.84 Å². The minimum absolute atomic E-state index is 0.272. The van der Waals surface area contributed by atoms with E-state index >= 15 is 0 Å². The molecule has 0 aromatic heterocycles. The van der Waals surface area contributed by atoms with Crippen LogP contribution in [0.15, 0.2) is 18.2 Å². The van der Waals surface area contributed by atoms with Crippen molar-refractivity contribution in [3.05, 3.63) is 29.3 Å². The lowest BCUT2D eigenvalue weighted by Gasteiger charge is -2.24. The second-order valence-corrected chi connectivity index (χ2v) is 6.38. The predicted octanol–water partition coefficient (Wildman–Crippen LogP) is 3.07. The zero-order chi connectivity index (χ0) is 15.2. The van der Waals surface area contributed by atoms with E-state index in [1.165, 1.54) is 5.56 Å². The van der Waals surface area contributed by atoms with E-state index in [4.69, 9.17) is 4.74 Å². The fraction of sp³-hybridized carbons (Fsp3) is 0.647. The van der Waals surface area contributed by atoms with Gasteiger partial charge in [-0.2, -0.15) is 0 Å². The molecule has 1 unspecified atom stereocenters. The predicted molar refractivity (Wildman–Crippen MR) is 84.4 cm³/mol. The Hall–Kier alpha value is -1.06. The van der Waals surface area contributed by atoms with Crippen LogP contribution in [0.1, 0.15) is 38.3 Å². The molecule has 0 amide bonds. The molecule has 0 saturated carbocycles. The highest BCUT2D eigenvalue weighted by molar-refractivity contribution is 5.35. The van der Waals surface area contributed by atoms with E-state index in [0.29, 0.717) is 13.2 Å². The highest BCUT2D eigenvalue weighted by Crippen LogP contribution is 2.19. The van der Waals surface area contributed by atoms with Crippen LogP contribution in [0.4, 0.5) is 0 Å². The normalized spacial score (nSPS) is 13.3. The van der Waals surface area contributed by atoms with Gasteiger partial charge in [-0.25, -0.2) is 0 Å². The fourth-order valence-electron chi connectivity index (χ4n) is 1.91. The number of hydrogen-bond donors (Lipinski definition) is 2. The number of aryl methyl sites for hydroxylation is 2. The van der Waals surface area contributed by atoms with Crippen LogP contribution in [-0.2, 0) is 0 Å². The Morgan fingerprint density at radius 2 is 2.00 bits per heavy atom. The zero-order valence-electron chi connectivity index (χ0n) is 13.5. The van der Waals surface area contributed by atoms with Gasteiger partial charge >= 0.3 is 0 Å². The average Bonchev–Trinajstić information content (AvgIpc) is 2.37. The maximum Gasteiger partial charge on any atom is 0.122 e. The van der Waals surface area contributed by atoms with Crippen molar-refractivity contribution in [1.29, 1.82) is 0 Å². The molecule has 0 spiro atoms. The molecule has 0 aliphatic heterocycles. The van der Waals surface area contributed by atoms with Crippen LogP contribution in [0.2, 0.25) is 0 Å². The number of benzene rings is 1. The number of nitrogens with one attached hydrogen (secondary N) is 1. The summed E-state index contributed by atoms with van der Waals surface area (Å²) in [6, 6.07) is 6.07. The summed E-state index contributed by atoms with van der Waals surface area (Å²) in [6.45, 7) is 12.5. The third-order valence-electron chi connectivity index (χ3n) is 3.70. The van der Waals surface area contributed by atoms with Crippen LogP contribution >= 0.6 is 0 Å². The van der Waals surface area contributed by atoms with Gasteiger partial charge in [-0.3, -0.25) is 0 Å². The van der Waals surface area contributed by atoms with Crippen LogP contribution in [0.25, 0.3) is 0 Å². The second kappa shape index (κ2) is 7.65. The lowest BCUT2D eigenvalue weighted by atomic mass is 9.90.